The fraction of sp³-hybridized carbons (Fsp3) is 0.0833. The first-order valence-corrected chi connectivity index (χ1v) is 4.84. The molecule has 82 valence electrons. The molecule has 0 bridgehead atoms. The maximum absolute atomic E-state index is 11.4. The second-order valence-corrected chi connectivity index (χ2v) is 3.62. The van der Waals surface area contributed by atoms with Crippen molar-refractivity contribution >= 4 is 5.69 Å². The van der Waals surface area contributed by atoms with Crippen molar-refractivity contribution in [3.8, 4) is 16.9 Å². The molecular formula is C12H12N2O2. The number of aromatic hydroxyl groups is 1. The first-order valence-electron chi connectivity index (χ1n) is 4.84. The lowest BCUT2D eigenvalue weighted by atomic mass is 10.1. The number of hydrogen-bond acceptors (Lipinski definition) is 3. The summed E-state index contributed by atoms with van der Waals surface area (Å²) < 4.78 is 1.40. The molecule has 2 rings (SSSR count). The number of nitrogen functional groups attached to an aromatic ring is 1. The number of para-hydroxylation sites is 1. The van der Waals surface area contributed by atoms with Crippen LogP contribution < -0.4 is 11.3 Å². The molecule has 2 aromatic rings. The molecular weight excluding hydrogens is 204 g/mol. The Kier molecular flexibility index (Phi) is 2.40. The lowest BCUT2D eigenvalue weighted by Gasteiger charge is -2.07. The van der Waals surface area contributed by atoms with Crippen LogP contribution >= 0.6 is 0 Å². The minimum absolute atomic E-state index is 0.167. The highest BCUT2D eigenvalue weighted by atomic mass is 16.3. The minimum Gasteiger partial charge on any atom is -0.507 e. The third kappa shape index (κ3) is 1.65. The van der Waals surface area contributed by atoms with Crippen LogP contribution in [0.15, 0.2) is 41.3 Å². The van der Waals surface area contributed by atoms with Gasteiger partial charge in [0.2, 0.25) is 0 Å². The number of rotatable bonds is 1. The summed E-state index contributed by atoms with van der Waals surface area (Å²) in [5.41, 5.74) is 6.90. The molecule has 3 N–H and O–H groups in total. The van der Waals surface area contributed by atoms with Crippen LogP contribution in [0.5, 0.6) is 5.75 Å². The maximum Gasteiger partial charge on any atom is 0.273 e. The molecule has 0 saturated carbocycles. The van der Waals surface area contributed by atoms with Crippen LogP contribution in [0.3, 0.4) is 0 Å². The van der Waals surface area contributed by atoms with Gasteiger partial charge < -0.3 is 15.4 Å². The van der Waals surface area contributed by atoms with Gasteiger partial charge in [0.1, 0.15) is 5.75 Å². The molecule has 4 nitrogen and oxygen atoms in total. The van der Waals surface area contributed by atoms with Gasteiger partial charge in [-0.25, -0.2) is 0 Å². The van der Waals surface area contributed by atoms with E-state index in [1.54, 1.807) is 37.5 Å². The third-order valence-corrected chi connectivity index (χ3v) is 2.43. The molecule has 1 aromatic carbocycles. The van der Waals surface area contributed by atoms with E-state index in [9.17, 15) is 9.90 Å². The Morgan fingerprint density at radius 2 is 2.00 bits per heavy atom. The Labute approximate surface area is 92.6 Å². The summed E-state index contributed by atoms with van der Waals surface area (Å²) >= 11 is 0. The van der Waals surface area contributed by atoms with Gasteiger partial charge in [-0.2, -0.15) is 0 Å². The van der Waals surface area contributed by atoms with Crippen molar-refractivity contribution in [2.45, 2.75) is 0 Å². The summed E-state index contributed by atoms with van der Waals surface area (Å²) in [6.45, 7) is 0. The summed E-state index contributed by atoms with van der Waals surface area (Å²) in [5.74, 6) is 0.167. The lowest BCUT2D eigenvalue weighted by Crippen LogP contribution is -2.19. The number of nitrogens with two attached hydrogens (primary N) is 1. The number of pyridine rings is 1. The van der Waals surface area contributed by atoms with Gasteiger partial charge in [0, 0.05) is 24.4 Å². The predicted octanol–water partition coefficient (Wildman–Crippen LogP) is 1.34. The molecule has 0 fully saturated rings. The SMILES string of the molecule is Cn1cc(-c2ccccc2O)cc(N)c1=O. The van der Waals surface area contributed by atoms with Crippen LogP contribution in [0.1, 0.15) is 0 Å². The van der Waals surface area contributed by atoms with Crippen molar-refractivity contribution in [3.63, 3.8) is 0 Å². The van der Waals surface area contributed by atoms with Crippen molar-refractivity contribution in [3.05, 3.63) is 46.9 Å². The molecule has 0 saturated heterocycles. The molecule has 0 aliphatic heterocycles. The number of phenolic OH excluding ortho intramolecular Hbond substituents is 1. The van der Waals surface area contributed by atoms with Gasteiger partial charge >= 0.3 is 0 Å². The van der Waals surface area contributed by atoms with Gasteiger partial charge in [-0.1, -0.05) is 18.2 Å². The number of nitrogens with zero attached hydrogens (tertiary/aromatic N) is 1. The van der Waals surface area contributed by atoms with E-state index in [2.05, 4.69) is 0 Å². The highest BCUT2D eigenvalue weighted by Gasteiger charge is 2.06. The van der Waals surface area contributed by atoms with Gasteiger partial charge in [0.05, 0.1) is 5.69 Å². The summed E-state index contributed by atoms with van der Waals surface area (Å²) in [6, 6.07) is 8.49. The monoisotopic (exact) mass is 216 g/mol. The lowest BCUT2D eigenvalue weighted by molar-refractivity contribution is 0.477. The second kappa shape index (κ2) is 3.73. The van der Waals surface area contributed by atoms with Crippen molar-refractivity contribution < 1.29 is 5.11 Å². The quantitative estimate of drug-likeness (QED) is 0.755. The van der Waals surface area contributed by atoms with E-state index < -0.39 is 0 Å². The number of anilines is 1. The van der Waals surface area contributed by atoms with E-state index in [1.807, 2.05) is 6.07 Å². The molecule has 0 amide bonds. The summed E-state index contributed by atoms with van der Waals surface area (Å²) in [7, 11) is 1.63. The van der Waals surface area contributed by atoms with Crippen molar-refractivity contribution in [2.24, 2.45) is 7.05 Å². The number of benzene rings is 1. The fourth-order valence-electron chi connectivity index (χ4n) is 1.60. The highest BCUT2D eigenvalue weighted by Crippen LogP contribution is 2.28. The smallest absolute Gasteiger partial charge is 0.273 e. The Bertz CT molecular complexity index is 562. The molecule has 0 atom stereocenters. The van der Waals surface area contributed by atoms with E-state index in [0.29, 0.717) is 5.56 Å². The van der Waals surface area contributed by atoms with Crippen molar-refractivity contribution in [1.82, 2.24) is 4.57 Å². The van der Waals surface area contributed by atoms with Crippen molar-refractivity contribution in [2.75, 3.05) is 5.73 Å². The zero-order valence-electron chi connectivity index (χ0n) is 8.84. The molecule has 4 heteroatoms. The summed E-state index contributed by atoms with van der Waals surface area (Å²) in [4.78, 5) is 11.4. The average molecular weight is 216 g/mol. The molecule has 0 unspecified atom stereocenters. The second-order valence-electron chi connectivity index (χ2n) is 3.62. The molecule has 0 aliphatic carbocycles. The normalized spacial score (nSPS) is 10.3. The number of aromatic nitrogens is 1. The van der Waals surface area contributed by atoms with Crippen LogP contribution in [-0.2, 0) is 7.05 Å². The van der Waals surface area contributed by atoms with Gasteiger partial charge in [-0.3, -0.25) is 4.79 Å². The van der Waals surface area contributed by atoms with Gasteiger partial charge in [0.25, 0.3) is 5.56 Å². The zero-order valence-corrected chi connectivity index (χ0v) is 8.84. The van der Waals surface area contributed by atoms with Crippen LogP contribution in [0.4, 0.5) is 5.69 Å². The number of phenols is 1. The Morgan fingerprint density at radius 3 is 2.62 bits per heavy atom. The Balaban J connectivity index is 2.67. The van der Waals surface area contributed by atoms with E-state index in [4.69, 9.17) is 5.73 Å². The molecule has 0 aliphatic rings. The number of aryl methyl sites for hydroxylation is 1. The van der Waals surface area contributed by atoms with E-state index in [1.165, 1.54) is 4.57 Å². The van der Waals surface area contributed by atoms with Gasteiger partial charge in [-0.15, -0.1) is 0 Å². The van der Waals surface area contributed by atoms with E-state index in [-0.39, 0.29) is 17.0 Å². The first-order chi connectivity index (χ1) is 7.59. The zero-order chi connectivity index (χ0) is 11.7. The van der Waals surface area contributed by atoms with E-state index >= 15 is 0 Å². The summed E-state index contributed by atoms with van der Waals surface area (Å²) in [5, 5.41) is 9.69. The molecule has 1 heterocycles. The van der Waals surface area contributed by atoms with Crippen LogP contribution in [-0.4, -0.2) is 9.67 Å². The predicted molar refractivity (Wildman–Crippen MR) is 63.2 cm³/mol. The standard InChI is InChI=1S/C12H12N2O2/c1-14-7-8(6-10(13)12(14)16)9-4-2-3-5-11(9)15/h2-7,15H,13H2,1H3. The third-order valence-electron chi connectivity index (χ3n) is 2.43. The largest absolute Gasteiger partial charge is 0.507 e. The van der Waals surface area contributed by atoms with Crippen LogP contribution in [0, 0.1) is 0 Å². The average Bonchev–Trinajstić information content (AvgIpc) is 2.26. The maximum atomic E-state index is 11.4. The Hall–Kier alpha value is -2.23. The van der Waals surface area contributed by atoms with Crippen LogP contribution in [0.25, 0.3) is 11.1 Å². The van der Waals surface area contributed by atoms with Crippen LogP contribution in [0.2, 0.25) is 0 Å². The number of hydrogen-bond donors (Lipinski definition) is 2. The van der Waals surface area contributed by atoms with Crippen molar-refractivity contribution in [1.29, 1.82) is 0 Å². The first kappa shape index (κ1) is 10.3. The molecule has 0 radical (unpaired) electrons. The summed E-state index contributed by atoms with van der Waals surface area (Å²) in [6.07, 6.45) is 1.65. The fourth-order valence-corrected chi connectivity index (χ4v) is 1.60. The molecule has 16 heavy (non-hydrogen) atoms. The highest BCUT2D eigenvalue weighted by molar-refractivity contribution is 5.71. The minimum atomic E-state index is -0.237. The van der Waals surface area contributed by atoms with E-state index in [0.717, 1.165) is 5.56 Å². The Morgan fingerprint density at radius 1 is 1.31 bits per heavy atom. The van der Waals surface area contributed by atoms with Gasteiger partial charge in [-0.05, 0) is 12.1 Å². The topological polar surface area (TPSA) is 68.2 Å². The molecule has 1 aromatic heterocycles. The molecule has 0 spiro atoms. The van der Waals surface area contributed by atoms with Gasteiger partial charge in [0.15, 0.2) is 0 Å².